The molecule has 2 aromatic rings. The minimum Gasteiger partial charge on any atom is -0.409 e. The van der Waals surface area contributed by atoms with Gasteiger partial charge >= 0.3 is 0 Å². The van der Waals surface area contributed by atoms with Gasteiger partial charge in [0.1, 0.15) is 5.82 Å². The SMILES string of the molecule is Cc1ccc(NCc2ccc(C(N)=NO)cc2)cc1F. The summed E-state index contributed by atoms with van der Waals surface area (Å²) in [6, 6.07) is 12.3. The molecule has 0 aliphatic rings. The number of halogens is 1. The second-order valence-electron chi connectivity index (χ2n) is 4.50. The molecule has 4 nitrogen and oxygen atoms in total. The topological polar surface area (TPSA) is 70.6 Å². The second-order valence-corrected chi connectivity index (χ2v) is 4.50. The van der Waals surface area contributed by atoms with E-state index >= 15 is 0 Å². The molecular formula is C15H16FN3O. The number of hydrogen-bond acceptors (Lipinski definition) is 3. The van der Waals surface area contributed by atoms with Gasteiger partial charge in [-0.15, -0.1) is 0 Å². The van der Waals surface area contributed by atoms with E-state index in [9.17, 15) is 4.39 Å². The third kappa shape index (κ3) is 3.26. The number of amidine groups is 1. The van der Waals surface area contributed by atoms with Gasteiger partial charge in [-0.25, -0.2) is 4.39 Å². The zero-order valence-electron chi connectivity index (χ0n) is 11.1. The van der Waals surface area contributed by atoms with Crippen molar-refractivity contribution in [3.8, 4) is 0 Å². The summed E-state index contributed by atoms with van der Waals surface area (Å²) in [5.41, 5.74) is 8.50. The maximum absolute atomic E-state index is 13.4. The van der Waals surface area contributed by atoms with Gasteiger partial charge in [0.05, 0.1) is 0 Å². The van der Waals surface area contributed by atoms with Crippen LogP contribution < -0.4 is 11.1 Å². The van der Waals surface area contributed by atoms with Crippen LogP contribution in [0.2, 0.25) is 0 Å². The molecule has 0 radical (unpaired) electrons. The van der Waals surface area contributed by atoms with Gasteiger partial charge in [0.25, 0.3) is 0 Å². The first-order chi connectivity index (χ1) is 9.60. The summed E-state index contributed by atoms with van der Waals surface area (Å²) in [6.07, 6.45) is 0. The summed E-state index contributed by atoms with van der Waals surface area (Å²) in [4.78, 5) is 0. The third-order valence-electron chi connectivity index (χ3n) is 3.03. The lowest BCUT2D eigenvalue weighted by Crippen LogP contribution is -2.13. The number of rotatable bonds is 4. The summed E-state index contributed by atoms with van der Waals surface area (Å²) >= 11 is 0. The van der Waals surface area contributed by atoms with E-state index in [-0.39, 0.29) is 11.7 Å². The monoisotopic (exact) mass is 273 g/mol. The van der Waals surface area contributed by atoms with E-state index in [1.807, 2.05) is 18.2 Å². The van der Waals surface area contributed by atoms with Crippen molar-refractivity contribution in [3.05, 3.63) is 65.0 Å². The third-order valence-corrected chi connectivity index (χ3v) is 3.03. The summed E-state index contributed by atoms with van der Waals surface area (Å²) in [5.74, 6) is -0.151. The number of oxime groups is 1. The molecule has 0 heterocycles. The molecule has 0 unspecified atom stereocenters. The van der Waals surface area contributed by atoms with E-state index in [4.69, 9.17) is 10.9 Å². The molecule has 0 amide bonds. The van der Waals surface area contributed by atoms with Crippen LogP contribution in [0, 0.1) is 12.7 Å². The Morgan fingerprint density at radius 3 is 2.55 bits per heavy atom. The number of nitrogens with zero attached hydrogens (tertiary/aromatic N) is 1. The van der Waals surface area contributed by atoms with Crippen LogP contribution >= 0.6 is 0 Å². The Labute approximate surface area is 116 Å². The molecule has 0 saturated heterocycles. The average molecular weight is 273 g/mol. The zero-order chi connectivity index (χ0) is 14.5. The molecule has 0 atom stereocenters. The van der Waals surface area contributed by atoms with Crippen molar-refractivity contribution >= 4 is 11.5 Å². The molecule has 104 valence electrons. The van der Waals surface area contributed by atoms with E-state index in [1.54, 1.807) is 25.1 Å². The summed E-state index contributed by atoms with van der Waals surface area (Å²) in [6.45, 7) is 2.30. The zero-order valence-corrected chi connectivity index (χ0v) is 11.1. The highest BCUT2D eigenvalue weighted by molar-refractivity contribution is 5.96. The lowest BCUT2D eigenvalue weighted by molar-refractivity contribution is 0.318. The van der Waals surface area contributed by atoms with Gasteiger partial charge in [-0.3, -0.25) is 0 Å². The van der Waals surface area contributed by atoms with Gasteiger partial charge in [0.2, 0.25) is 0 Å². The van der Waals surface area contributed by atoms with Crippen LogP contribution in [0.5, 0.6) is 0 Å². The van der Waals surface area contributed by atoms with Crippen LogP contribution in [0.4, 0.5) is 10.1 Å². The van der Waals surface area contributed by atoms with Crippen LogP contribution in [0.25, 0.3) is 0 Å². The molecule has 0 saturated carbocycles. The summed E-state index contributed by atoms with van der Waals surface area (Å²) in [5, 5.41) is 14.7. The maximum atomic E-state index is 13.4. The normalized spacial score (nSPS) is 11.4. The van der Waals surface area contributed by atoms with Gasteiger partial charge in [-0.1, -0.05) is 35.5 Å². The molecule has 2 aromatic carbocycles. The first-order valence-corrected chi connectivity index (χ1v) is 6.17. The molecule has 2 rings (SSSR count). The molecule has 0 bridgehead atoms. The van der Waals surface area contributed by atoms with Gasteiger partial charge in [-0.2, -0.15) is 0 Å². The Hall–Kier alpha value is -2.56. The lowest BCUT2D eigenvalue weighted by atomic mass is 10.1. The minimum atomic E-state index is -0.225. The quantitative estimate of drug-likeness (QED) is 0.347. The van der Waals surface area contributed by atoms with Crippen molar-refractivity contribution < 1.29 is 9.60 Å². The molecule has 5 heteroatoms. The van der Waals surface area contributed by atoms with E-state index in [0.29, 0.717) is 17.7 Å². The Morgan fingerprint density at radius 2 is 1.95 bits per heavy atom. The Bertz CT molecular complexity index is 624. The average Bonchev–Trinajstić information content (AvgIpc) is 2.48. The molecule has 0 fully saturated rings. The number of anilines is 1. The highest BCUT2D eigenvalue weighted by atomic mass is 19.1. The number of benzene rings is 2. The smallest absolute Gasteiger partial charge is 0.170 e. The number of nitrogens with one attached hydrogen (secondary N) is 1. The van der Waals surface area contributed by atoms with Crippen LogP contribution in [-0.2, 0) is 6.54 Å². The van der Waals surface area contributed by atoms with Gasteiger partial charge < -0.3 is 16.3 Å². The van der Waals surface area contributed by atoms with E-state index < -0.39 is 0 Å². The van der Waals surface area contributed by atoms with Crippen LogP contribution in [-0.4, -0.2) is 11.0 Å². The summed E-state index contributed by atoms with van der Waals surface area (Å²) < 4.78 is 13.4. The fourth-order valence-corrected chi connectivity index (χ4v) is 1.76. The molecular weight excluding hydrogens is 257 g/mol. The van der Waals surface area contributed by atoms with Crippen molar-refractivity contribution in [2.75, 3.05) is 5.32 Å². The fraction of sp³-hybridized carbons (Fsp3) is 0.133. The highest BCUT2D eigenvalue weighted by Gasteiger charge is 2.01. The van der Waals surface area contributed by atoms with Gasteiger partial charge in [0.15, 0.2) is 5.84 Å². The minimum absolute atomic E-state index is 0.0742. The molecule has 0 aliphatic carbocycles. The molecule has 4 N–H and O–H groups in total. The molecule has 0 aromatic heterocycles. The molecule has 20 heavy (non-hydrogen) atoms. The first kappa shape index (κ1) is 13.9. The van der Waals surface area contributed by atoms with E-state index in [0.717, 1.165) is 11.3 Å². The number of aryl methyl sites for hydroxylation is 1. The number of nitrogens with two attached hydrogens (primary N) is 1. The Kier molecular flexibility index (Phi) is 4.20. The predicted octanol–water partition coefficient (Wildman–Crippen LogP) is 2.84. The summed E-state index contributed by atoms with van der Waals surface area (Å²) in [7, 11) is 0. The molecule has 0 spiro atoms. The van der Waals surface area contributed by atoms with E-state index in [2.05, 4.69) is 10.5 Å². The van der Waals surface area contributed by atoms with Crippen molar-refractivity contribution in [2.24, 2.45) is 10.9 Å². The van der Waals surface area contributed by atoms with Crippen molar-refractivity contribution in [2.45, 2.75) is 13.5 Å². The van der Waals surface area contributed by atoms with Crippen molar-refractivity contribution in [3.63, 3.8) is 0 Å². The van der Waals surface area contributed by atoms with Crippen molar-refractivity contribution in [1.82, 2.24) is 0 Å². The van der Waals surface area contributed by atoms with Crippen LogP contribution in [0.3, 0.4) is 0 Å². The van der Waals surface area contributed by atoms with Gasteiger partial charge in [0, 0.05) is 17.8 Å². The van der Waals surface area contributed by atoms with E-state index in [1.165, 1.54) is 6.07 Å². The lowest BCUT2D eigenvalue weighted by Gasteiger charge is -2.08. The fourth-order valence-electron chi connectivity index (χ4n) is 1.76. The Balaban J connectivity index is 2.02. The second kappa shape index (κ2) is 6.06. The Morgan fingerprint density at radius 1 is 1.25 bits per heavy atom. The predicted molar refractivity (Wildman–Crippen MR) is 77.4 cm³/mol. The molecule has 0 aliphatic heterocycles. The first-order valence-electron chi connectivity index (χ1n) is 6.17. The van der Waals surface area contributed by atoms with Crippen LogP contribution in [0.1, 0.15) is 16.7 Å². The van der Waals surface area contributed by atoms with Gasteiger partial charge in [-0.05, 0) is 30.2 Å². The highest BCUT2D eigenvalue weighted by Crippen LogP contribution is 2.15. The van der Waals surface area contributed by atoms with Crippen molar-refractivity contribution in [1.29, 1.82) is 0 Å². The standard InChI is InChI=1S/C15H16FN3O/c1-10-2-7-13(8-14(10)16)18-9-11-3-5-12(6-4-11)15(17)19-20/h2-8,18,20H,9H2,1H3,(H2,17,19). The van der Waals surface area contributed by atoms with Crippen LogP contribution in [0.15, 0.2) is 47.6 Å². The maximum Gasteiger partial charge on any atom is 0.170 e. The largest absolute Gasteiger partial charge is 0.409 e. The number of hydrogen-bond donors (Lipinski definition) is 3.